The molecule has 0 saturated carbocycles. The van der Waals surface area contributed by atoms with E-state index in [1.54, 1.807) is 42.5 Å². The first-order valence-electron chi connectivity index (χ1n) is 10.8. The molecule has 2 aromatic carbocycles. The van der Waals surface area contributed by atoms with Crippen LogP contribution in [0.5, 0.6) is 5.75 Å². The van der Waals surface area contributed by atoms with Gasteiger partial charge in [0.15, 0.2) is 0 Å². The molecule has 1 aliphatic rings. The number of nitro benzene ring substituents is 1. The topological polar surface area (TPSA) is 124 Å². The van der Waals surface area contributed by atoms with Gasteiger partial charge in [0.05, 0.1) is 22.6 Å². The third-order valence-corrected chi connectivity index (χ3v) is 6.51. The van der Waals surface area contributed by atoms with Crippen molar-refractivity contribution in [1.82, 2.24) is 9.47 Å². The number of methoxy groups -OCH3 is 1. The molecule has 36 heavy (non-hydrogen) atoms. The van der Waals surface area contributed by atoms with Gasteiger partial charge in [0.2, 0.25) is 5.91 Å². The van der Waals surface area contributed by atoms with Gasteiger partial charge in [-0.3, -0.25) is 29.4 Å². The molecular formula is C25H22N4O6S. The van der Waals surface area contributed by atoms with Crippen molar-refractivity contribution in [1.29, 1.82) is 0 Å². The zero-order valence-corrected chi connectivity index (χ0v) is 20.5. The van der Waals surface area contributed by atoms with Crippen molar-refractivity contribution in [3.8, 4) is 11.4 Å². The van der Waals surface area contributed by atoms with Crippen LogP contribution < -0.4 is 10.1 Å². The lowest BCUT2D eigenvalue weighted by Gasteiger charge is -2.12. The summed E-state index contributed by atoms with van der Waals surface area (Å²) in [5.74, 6) is -0.434. The summed E-state index contributed by atoms with van der Waals surface area (Å²) in [6.07, 6.45) is 1.60. The molecule has 0 unspecified atom stereocenters. The van der Waals surface area contributed by atoms with Gasteiger partial charge in [0.1, 0.15) is 12.3 Å². The molecule has 2 heterocycles. The number of carbonyl (C=O) groups is 3. The minimum atomic E-state index is -0.560. The molecule has 3 aromatic rings. The molecule has 1 saturated heterocycles. The number of amides is 3. The number of hydrogen-bond acceptors (Lipinski definition) is 7. The SMILES string of the molecule is COc1ccc(NC(=O)CN2C(=O)S/C(=C/c3cc(C)n(-c4cccc([N+](=O)[O-])c4)c3C)C2=O)cc1. The Kier molecular flexibility index (Phi) is 6.93. The predicted octanol–water partition coefficient (Wildman–Crippen LogP) is 4.69. The van der Waals surface area contributed by atoms with E-state index in [9.17, 15) is 24.5 Å². The number of thioether (sulfide) groups is 1. The number of hydrogen-bond donors (Lipinski definition) is 1. The smallest absolute Gasteiger partial charge is 0.294 e. The first kappa shape index (κ1) is 24.7. The minimum Gasteiger partial charge on any atom is -0.497 e. The number of anilines is 1. The maximum Gasteiger partial charge on any atom is 0.294 e. The molecule has 0 aliphatic carbocycles. The lowest BCUT2D eigenvalue weighted by molar-refractivity contribution is -0.384. The molecule has 1 N–H and O–H groups in total. The molecular weight excluding hydrogens is 484 g/mol. The highest BCUT2D eigenvalue weighted by Gasteiger charge is 2.36. The largest absolute Gasteiger partial charge is 0.497 e. The van der Waals surface area contributed by atoms with E-state index in [1.165, 1.54) is 19.2 Å². The van der Waals surface area contributed by atoms with Crippen LogP contribution in [0.1, 0.15) is 17.0 Å². The predicted molar refractivity (Wildman–Crippen MR) is 136 cm³/mol. The zero-order valence-electron chi connectivity index (χ0n) is 19.7. The number of benzene rings is 2. The summed E-state index contributed by atoms with van der Waals surface area (Å²) >= 11 is 0.759. The van der Waals surface area contributed by atoms with Gasteiger partial charge in [-0.25, -0.2) is 0 Å². The second kappa shape index (κ2) is 10.1. The van der Waals surface area contributed by atoms with Gasteiger partial charge in [0.25, 0.3) is 16.8 Å². The number of nitrogens with one attached hydrogen (secondary N) is 1. The van der Waals surface area contributed by atoms with Crippen LogP contribution in [0.4, 0.5) is 16.2 Å². The average molecular weight is 507 g/mol. The fraction of sp³-hybridized carbons (Fsp3) is 0.160. The Labute approximate surface area is 210 Å². The van der Waals surface area contributed by atoms with Gasteiger partial charge >= 0.3 is 0 Å². The van der Waals surface area contributed by atoms with Crippen LogP contribution in [0.25, 0.3) is 11.8 Å². The van der Waals surface area contributed by atoms with Gasteiger partial charge in [-0.2, -0.15) is 0 Å². The molecule has 1 fully saturated rings. The van der Waals surface area contributed by atoms with E-state index in [1.807, 2.05) is 24.5 Å². The summed E-state index contributed by atoms with van der Waals surface area (Å²) in [4.78, 5) is 49.7. The molecule has 0 atom stereocenters. The van der Waals surface area contributed by atoms with Crippen molar-refractivity contribution in [2.24, 2.45) is 0 Å². The Balaban J connectivity index is 1.52. The molecule has 10 nitrogen and oxygen atoms in total. The van der Waals surface area contributed by atoms with Gasteiger partial charge in [-0.15, -0.1) is 0 Å². The fourth-order valence-electron chi connectivity index (χ4n) is 3.87. The van der Waals surface area contributed by atoms with Crippen LogP contribution >= 0.6 is 11.8 Å². The third kappa shape index (κ3) is 5.01. The molecule has 4 rings (SSSR count). The molecule has 0 bridgehead atoms. The van der Waals surface area contributed by atoms with Crippen LogP contribution in [0.2, 0.25) is 0 Å². The van der Waals surface area contributed by atoms with Crippen molar-refractivity contribution < 1.29 is 24.0 Å². The molecule has 1 aliphatic heterocycles. The number of ether oxygens (including phenoxy) is 1. The minimum absolute atomic E-state index is 0.0319. The summed E-state index contributed by atoms with van der Waals surface area (Å²) in [7, 11) is 1.53. The monoisotopic (exact) mass is 506 g/mol. The summed E-state index contributed by atoms with van der Waals surface area (Å²) in [5, 5.41) is 13.3. The van der Waals surface area contributed by atoms with E-state index >= 15 is 0 Å². The van der Waals surface area contributed by atoms with Crippen molar-refractivity contribution >= 4 is 46.3 Å². The number of nitro groups is 1. The number of carbonyl (C=O) groups excluding carboxylic acids is 3. The fourth-order valence-corrected chi connectivity index (χ4v) is 4.70. The van der Waals surface area contributed by atoms with Gasteiger partial charge in [0, 0.05) is 29.2 Å². The lowest BCUT2D eigenvalue weighted by atomic mass is 10.2. The number of aryl methyl sites for hydroxylation is 1. The first-order chi connectivity index (χ1) is 17.2. The van der Waals surface area contributed by atoms with Crippen molar-refractivity contribution in [3.63, 3.8) is 0 Å². The summed E-state index contributed by atoms with van der Waals surface area (Å²) in [5.41, 5.74) is 3.33. The highest BCUT2D eigenvalue weighted by molar-refractivity contribution is 8.18. The zero-order chi connectivity index (χ0) is 26.0. The van der Waals surface area contributed by atoms with Crippen LogP contribution in [0.15, 0.2) is 59.5 Å². The summed E-state index contributed by atoms with van der Waals surface area (Å²) < 4.78 is 6.92. The Morgan fingerprint density at radius 2 is 1.86 bits per heavy atom. The van der Waals surface area contributed by atoms with Crippen LogP contribution in [-0.4, -0.2) is 45.1 Å². The molecule has 11 heteroatoms. The van der Waals surface area contributed by atoms with Crippen LogP contribution in [-0.2, 0) is 9.59 Å². The molecule has 3 amide bonds. The van der Waals surface area contributed by atoms with E-state index < -0.39 is 28.5 Å². The maximum absolute atomic E-state index is 12.9. The quantitative estimate of drug-likeness (QED) is 0.280. The second-order valence-electron chi connectivity index (χ2n) is 7.98. The van der Waals surface area contributed by atoms with E-state index in [4.69, 9.17) is 4.74 Å². The number of imide groups is 1. The van der Waals surface area contributed by atoms with Crippen molar-refractivity contribution in [2.45, 2.75) is 13.8 Å². The molecule has 0 radical (unpaired) electrons. The molecule has 0 spiro atoms. The number of non-ortho nitro benzene ring substituents is 1. The van der Waals surface area contributed by atoms with Crippen molar-refractivity contribution in [2.75, 3.05) is 19.0 Å². The van der Waals surface area contributed by atoms with Gasteiger partial charge < -0.3 is 14.6 Å². The van der Waals surface area contributed by atoms with Gasteiger partial charge in [-0.05, 0) is 73.6 Å². The summed E-state index contributed by atoms with van der Waals surface area (Å²) in [6.45, 7) is 3.25. The third-order valence-electron chi connectivity index (χ3n) is 5.60. The standard InChI is InChI=1S/C25H22N4O6S/c1-15-11-17(16(2)28(15)19-5-4-6-20(13-19)29(33)34)12-22-24(31)27(25(32)36-22)14-23(30)26-18-7-9-21(35-3)10-8-18/h4-13H,14H2,1-3H3,(H,26,30)/b22-12+. The number of rotatable bonds is 7. The number of nitrogens with zero attached hydrogens (tertiary/aromatic N) is 3. The Morgan fingerprint density at radius 3 is 2.53 bits per heavy atom. The van der Waals surface area contributed by atoms with E-state index in [0.717, 1.165) is 28.0 Å². The van der Waals surface area contributed by atoms with Crippen LogP contribution in [0, 0.1) is 24.0 Å². The Morgan fingerprint density at radius 1 is 1.14 bits per heavy atom. The molecule has 184 valence electrons. The van der Waals surface area contributed by atoms with Crippen LogP contribution in [0.3, 0.4) is 0 Å². The van der Waals surface area contributed by atoms with Gasteiger partial charge in [-0.1, -0.05) is 6.07 Å². The Bertz CT molecular complexity index is 1410. The number of aromatic nitrogens is 1. The Hall–Kier alpha value is -4.38. The molecule has 1 aromatic heterocycles. The first-order valence-corrected chi connectivity index (χ1v) is 11.6. The second-order valence-corrected chi connectivity index (χ2v) is 8.98. The lowest BCUT2D eigenvalue weighted by Crippen LogP contribution is -2.36. The highest BCUT2D eigenvalue weighted by Crippen LogP contribution is 2.34. The average Bonchev–Trinajstić information content (AvgIpc) is 3.28. The highest BCUT2D eigenvalue weighted by atomic mass is 32.2. The van der Waals surface area contributed by atoms with Crippen molar-refractivity contribution in [3.05, 3.63) is 86.6 Å². The maximum atomic E-state index is 12.9. The van der Waals surface area contributed by atoms with E-state index in [2.05, 4.69) is 5.32 Å². The van der Waals surface area contributed by atoms with E-state index in [0.29, 0.717) is 22.7 Å². The summed E-state index contributed by atoms with van der Waals surface area (Å²) in [6, 6.07) is 14.8. The van der Waals surface area contributed by atoms with E-state index in [-0.39, 0.29) is 10.6 Å². The normalized spacial score (nSPS) is 14.4.